The third-order valence-corrected chi connectivity index (χ3v) is 3.14. The molecule has 2 aromatic rings. The Morgan fingerprint density at radius 2 is 1.94 bits per heavy atom. The zero-order chi connectivity index (χ0) is 12.4. The Morgan fingerprint density at radius 3 is 2.41 bits per heavy atom. The molecule has 1 heterocycles. The van der Waals surface area contributed by atoms with E-state index in [0.29, 0.717) is 11.3 Å². The van der Waals surface area contributed by atoms with Crippen molar-refractivity contribution in [2.45, 2.75) is 6.42 Å². The Labute approximate surface area is 100.0 Å². The molecule has 0 saturated heterocycles. The summed E-state index contributed by atoms with van der Waals surface area (Å²) in [6.45, 7) is 0. The lowest BCUT2D eigenvalue weighted by Gasteiger charge is -2.00. The molecule has 0 fully saturated rings. The molecular weight excluding hydrogens is 242 g/mol. The third-order valence-electron chi connectivity index (χ3n) is 2.27. The minimum atomic E-state index is -0.981. The molecule has 0 radical (unpaired) electrons. The molecule has 88 valence electrons. The first kappa shape index (κ1) is 11.4. The number of aromatic carboxylic acids is 1. The average molecular weight is 251 g/mol. The topological polar surface area (TPSA) is 90.4 Å². The van der Waals surface area contributed by atoms with Crippen molar-refractivity contribution < 1.29 is 15.0 Å². The van der Waals surface area contributed by atoms with Gasteiger partial charge in [0.2, 0.25) is 5.88 Å². The third kappa shape index (κ3) is 2.54. The van der Waals surface area contributed by atoms with Gasteiger partial charge < -0.3 is 10.2 Å². The molecule has 1 aromatic heterocycles. The summed E-state index contributed by atoms with van der Waals surface area (Å²) in [4.78, 5) is 24.1. The molecule has 6 heteroatoms. The molecule has 0 bridgehead atoms. The summed E-state index contributed by atoms with van der Waals surface area (Å²) in [6.07, 6.45) is 0.398. The number of benzene rings is 1. The van der Waals surface area contributed by atoms with Gasteiger partial charge in [0.1, 0.15) is 0 Å². The van der Waals surface area contributed by atoms with Crippen LogP contribution in [0.25, 0.3) is 0 Å². The number of rotatable bonds is 3. The highest BCUT2D eigenvalue weighted by atomic mass is 32.1. The predicted molar refractivity (Wildman–Crippen MR) is 62.8 cm³/mol. The van der Waals surface area contributed by atoms with Crippen LogP contribution < -0.4 is 4.87 Å². The fourth-order valence-electron chi connectivity index (χ4n) is 1.42. The van der Waals surface area contributed by atoms with Crippen LogP contribution in [-0.4, -0.2) is 21.2 Å². The Hall–Kier alpha value is -2.08. The SMILES string of the molecule is O=C(O)c1ccc(Cc2sc(=O)[nH]c2O)cc1. The number of hydrogen-bond acceptors (Lipinski definition) is 4. The molecule has 0 aliphatic rings. The Bertz CT molecular complexity index is 597. The quantitative estimate of drug-likeness (QED) is 0.769. The number of hydrogen-bond donors (Lipinski definition) is 3. The van der Waals surface area contributed by atoms with Gasteiger partial charge in [-0.05, 0) is 17.7 Å². The maximum atomic E-state index is 11.0. The van der Waals surface area contributed by atoms with Gasteiger partial charge in [-0.15, -0.1) is 0 Å². The average Bonchev–Trinajstić information content (AvgIpc) is 2.58. The molecule has 5 nitrogen and oxygen atoms in total. The lowest BCUT2D eigenvalue weighted by atomic mass is 10.1. The zero-order valence-electron chi connectivity index (χ0n) is 8.64. The van der Waals surface area contributed by atoms with Gasteiger partial charge in [-0.2, -0.15) is 0 Å². The van der Waals surface area contributed by atoms with Gasteiger partial charge in [0.05, 0.1) is 10.4 Å². The van der Waals surface area contributed by atoms with E-state index >= 15 is 0 Å². The van der Waals surface area contributed by atoms with Crippen molar-refractivity contribution in [3.63, 3.8) is 0 Å². The molecule has 0 aliphatic heterocycles. The second-order valence-electron chi connectivity index (χ2n) is 3.47. The van der Waals surface area contributed by atoms with E-state index in [1.807, 2.05) is 0 Å². The van der Waals surface area contributed by atoms with Gasteiger partial charge in [-0.3, -0.25) is 9.78 Å². The van der Waals surface area contributed by atoms with E-state index in [9.17, 15) is 14.7 Å². The minimum absolute atomic E-state index is 0.123. The second kappa shape index (κ2) is 4.42. The van der Waals surface area contributed by atoms with E-state index in [1.54, 1.807) is 12.1 Å². The first-order chi connectivity index (χ1) is 8.06. The van der Waals surface area contributed by atoms with Crippen LogP contribution in [0.2, 0.25) is 0 Å². The highest BCUT2D eigenvalue weighted by molar-refractivity contribution is 7.09. The molecule has 3 N–H and O–H groups in total. The van der Waals surface area contributed by atoms with E-state index in [2.05, 4.69) is 4.98 Å². The molecule has 0 aliphatic carbocycles. The van der Waals surface area contributed by atoms with E-state index in [0.717, 1.165) is 16.9 Å². The maximum absolute atomic E-state index is 11.0. The van der Waals surface area contributed by atoms with E-state index in [-0.39, 0.29) is 16.3 Å². The van der Waals surface area contributed by atoms with Crippen molar-refractivity contribution in [3.8, 4) is 5.88 Å². The Morgan fingerprint density at radius 1 is 1.29 bits per heavy atom. The van der Waals surface area contributed by atoms with Gasteiger partial charge in [-0.25, -0.2) is 4.79 Å². The molecule has 0 amide bonds. The van der Waals surface area contributed by atoms with Gasteiger partial charge in [0.25, 0.3) is 0 Å². The van der Waals surface area contributed by atoms with Crippen LogP contribution in [0.5, 0.6) is 5.88 Å². The smallest absolute Gasteiger partial charge is 0.335 e. The number of aromatic hydroxyl groups is 1. The normalized spacial score (nSPS) is 10.4. The number of aromatic amines is 1. The molecule has 0 atom stereocenters. The summed E-state index contributed by atoms with van der Waals surface area (Å²) in [6, 6.07) is 6.30. The van der Waals surface area contributed by atoms with Gasteiger partial charge >= 0.3 is 10.8 Å². The first-order valence-electron chi connectivity index (χ1n) is 4.79. The largest absolute Gasteiger partial charge is 0.494 e. The predicted octanol–water partition coefficient (Wildman–Crippen LogP) is 1.43. The molecule has 0 unspecified atom stereocenters. The van der Waals surface area contributed by atoms with Gasteiger partial charge in [0.15, 0.2) is 0 Å². The number of carboxylic acids is 1. The summed E-state index contributed by atoms with van der Waals surface area (Å²) in [7, 11) is 0. The standard InChI is InChI=1S/C11H9NO4S/c13-9-8(17-11(16)12-9)5-6-1-3-7(4-2-6)10(14)15/h1-4,13H,5H2,(H,12,16)(H,14,15). The maximum Gasteiger partial charge on any atom is 0.335 e. The second-order valence-corrected chi connectivity index (χ2v) is 4.53. The summed E-state index contributed by atoms with van der Waals surface area (Å²) in [5.41, 5.74) is 1.04. The minimum Gasteiger partial charge on any atom is -0.494 e. The highest BCUT2D eigenvalue weighted by Gasteiger charge is 2.08. The van der Waals surface area contributed by atoms with Crippen molar-refractivity contribution in [3.05, 3.63) is 49.9 Å². The van der Waals surface area contributed by atoms with Crippen molar-refractivity contribution in [2.75, 3.05) is 0 Å². The fourth-order valence-corrected chi connectivity index (χ4v) is 2.18. The van der Waals surface area contributed by atoms with Gasteiger partial charge in [0, 0.05) is 6.42 Å². The molecule has 2 rings (SSSR count). The Kier molecular flexibility index (Phi) is 2.97. The lowest BCUT2D eigenvalue weighted by Crippen LogP contribution is -1.96. The number of H-pyrrole nitrogens is 1. The van der Waals surface area contributed by atoms with Crippen molar-refractivity contribution >= 4 is 17.3 Å². The summed E-state index contributed by atoms with van der Waals surface area (Å²) < 4.78 is 0. The van der Waals surface area contributed by atoms with Crippen LogP contribution in [-0.2, 0) is 6.42 Å². The number of carboxylic acid groups (broad SMARTS) is 1. The highest BCUT2D eigenvalue weighted by Crippen LogP contribution is 2.20. The van der Waals surface area contributed by atoms with Crippen LogP contribution in [0, 0.1) is 0 Å². The number of carbonyl (C=O) groups is 1. The molecule has 17 heavy (non-hydrogen) atoms. The summed E-state index contributed by atoms with van der Waals surface area (Å²) in [5.74, 6) is -1.10. The van der Waals surface area contributed by atoms with Crippen molar-refractivity contribution in [2.24, 2.45) is 0 Å². The summed E-state index contributed by atoms with van der Waals surface area (Å²) in [5, 5.41) is 18.1. The van der Waals surface area contributed by atoms with Crippen molar-refractivity contribution in [1.29, 1.82) is 0 Å². The van der Waals surface area contributed by atoms with Crippen LogP contribution in [0.1, 0.15) is 20.8 Å². The van der Waals surface area contributed by atoms with Crippen LogP contribution >= 0.6 is 11.3 Å². The van der Waals surface area contributed by atoms with Gasteiger partial charge in [-0.1, -0.05) is 23.5 Å². The molecular formula is C11H9NO4S. The van der Waals surface area contributed by atoms with Crippen LogP contribution in [0.4, 0.5) is 0 Å². The number of nitrogens with one attached hydrogen (secondary N) is 1. The van der Waals surface area contributed by atoms with Crippen LogP contribution in [0.3, 0.4) is 0 Å². The molecule has 0 saturated carbocycles. The van der Waals surface area contributed by atoms with E-state index in [1.165, 1.54) is 12.1 Å². The summed E-state index contributed by atoms with van der Waals surface area (Å²) >= 11 is 0.942. The zero-order valence-corrected chi connectivity index (χ0v) is 9.45. The van der Waals surface area contributed by atoms with Crippen molar-refractivity contribution in [1.82, 2.24) is 4.98 Å². The van der Waals surface area contributed by atoms with E-state index < -0.39 is 5.97 Å². The van der Waals surface area contributed by atoms with E-state index in [4.69, 9.17) is 5.11 Å². The monoisotopic (exact) mass is 251 g/mol. The molecule has 0 spiro atoms. The molecule has 1 aromatic carbocycles. The van der Waals surface area contributed by atoms with Crippen LogP contribution in [0.15, 0.2) is 29.1 Å². The number of thiazole rings is 1. The Balaban J connectivity index is 2.22. The lowest BCUT2D eigenvalue weighted by molar-refractivity contribution is 0.0697. The number of aromatic nitrogens is 1. The fraction of sp³-hybridized carbons (Fsp3) is 0.0909. The first-order valence-corrected chi connectivity index (χ1v) is 5.61.